The molecule has 1 heterocycles. The molecule has 32 heavy (non-hydrogen) atoms. The molecule has 3 rings (SSSR count). The third-order valence-corrected chi connectivity index (χ3v) is 6.35. The molecule has 1 aliphatic carbocycles. The third kappa shape index (κ3) is 7.26. The van der Waals surface area contributed by atoms with Crippen LogP contribution in [0.3, 0.4) is 0 Å². The Labute approximate surface area is 190 Å². The number of rotatable bonds is 10. The number of piperidine rings is 1. The first-order valence-electron chi connectivity index (χ1n) is 11.8. The maximum Gasteiger partial charge on any atom is 0.407 e. The molecule has 2 aliphatic rings. The number of carbonyl (C=O) groups is 2. The monoisotopic (exact) mass is 444 g/mol. The number of hydrogen-bond acceptors (Lipinski definition) is 4. The summed E-state index contributed by atoms with van der Waals surface area (Å²) < 4.78 is 11.2. The smallest absolute Gasteiger partial charge is 0.407 e. The van der Waals surface area contributed by atoms with Gasteiger partial charge in [0.2, 0.25) is 5.91 Å². The zero-order valence-electron chi connectivity index (χ0n) is 19.1. The number of carbonyl (C=O) groups excluding carboxylic acids is 1. The minimum Gasteiger partial charge on any atom is -0.493 e. The van der Waals surface area contributed by atoms with Gasteiger partial charge in [-0.05, 0) is 74.6 Å². The highest BCUT2D eigenvalue weighted by molar-refractivity contribution is 5.80. The topological polar surface area (TPSA) is 88.1 Å². The predicted molar refractivity (Wildman–Crippen MR) is 124 cm³/mol. The van der Waals surface area contributed by atoms with Gasteiger partial charge in [0.1, 0.15) is 5.75 Å². The second-order valence-electron chi connectivity index (χ2n) is 8.59. The number of allylic oxidation sites excluding steroid dienone is 2. The van der Waals surface area contributed by atoms with Gasteiger partial charge < -0.3 is 24.8 Å². The number of amides is 2. The molecule has 0 bridgehead atoms. The van der Waals surface area contributed by atoms with Crippen LogP contribution in [0.2, 0.25) is 0 Å². The summed E-state index contributed by atoms with van der Waals surface area (Å²) in [5.41, 5.74) is 2.47. The Morgan fingerprint density at radius 2 is 1.91 bits per heavy atom. The molecule has 2 N–H and O–H groups in total. The van der Waals surface area contributed by atoms with Crippen molar-refractivity contribution in [1.82, 2.24) is 10.2 Å². The number of carboxylic acid groups (broad SMARTS) is 1. The van der Waals surface area contributed by atoms with Crippen LogP contribution in [-0.2, 0) is 9.53 Å². The van der Waals surface area contributed by atoms with Crippen LogP contribution in [0.4, 0.5) is 4.79 Å². The van der Waals surface area contributed by atoms with Crippen molar-refractivity contribution < 1.29 is 24.2 Å². The van der Waals surface area contributed by atoms with Crippen molar-refractivity contribution in [2.75, 3.05) is 39.5 Å². The standard InChI is InChI=1S/C25H36N2O5/c1-2-31-17-3-14-26-24(28)22-6-4-20(5-7-22)21-8-10-23(11-9-21)32-18-19-12-15-27(16-13-19)25(29)30/h4,8-11,19,22H,2-3,5-7,12-18H2,1H3,(H,26,28)(H,29,30). The Morgan fingerprint density at radius 3 is 2.53 bits per heavy atom. The second kappa shape index (κ2) is 12.5. The SMILES string of the molecule is CCOCCCNC(=O)C1CC=C(c2ccc(OCC3CCN(C(=O)O)CC3)cc2)CC1. The maximum atomic E-state index is 12.3. The normalized spacial score (nSPS) is 19.3. The summed E-state index contributed by atoms with van der Waals surface area (Å²) in [5, 5.41) is 12.1. The molecule has 7 heteroatoms. The Morgan fingerprint density at radius 1 is 1.16 bits per heavy atom. The molecular weight excluding hydrogens is 408 g/mol. The Balaban J connectivity index is 1.39. The van der Waals surface area contributed by atoms with E-state index in [0.29, 0.717) is 45.4 Å². The van der Waals surface area contributed by atoms with Gasteiger partial charge >= 0.3 is 6.09 Å². The number of nitrogens with zero attached hydrogens (tertiary/aromatic N) is 1. The van der Waals surface area contributed by atoms with Crippen molar-refractivity contribution in [2.45, 2.75) is 45.4 Å². The molecule has 2 amide bonds. The molecule has 1 aromatic rings. The van der Waals surface area contributed by atoms with Gasteiger partial charge in [-0.25, -0.2) is 4.79 Å². The van der Waals surface area contributed by atoms with Crippen LogP contribution >= 0.6 is 0 Å². The predicted octanol–water partition coefficient (Wildman–Crippen LogP) is 4.18. The van der Waals surface area contributed by atoms with Gasteiger partial charge in [-0.15, -0.1) is 0 Å². The lowest BCUT2D eigenvalue weighted by molar-refractivity contribution is -0.125. The molecule has 0 aromatic heterocycles. The van der Waals surface area contributed by atoms with Gasteiger partial charge in [-0.2, -0.15) is 0 Å². The van der Waals surface area contributed by atoms with E-state index in [1.54, 1.807) is 0 Å². The molecule has 176 valence electrons. The molecule has 1 atom stereocenters. The van der Waals surface area contributed by atoms with Crippen LogP contribution < -0.4 is 10.1 Å². The van der Waals surface area contributed by atoms with E-state index in [1.807, 2.05) is 19.1 Å². The largest absolute Gasteiger partial charge is 0.493 e. The van der Waals surface area contributed by atoms with E-state index in [9.17, 15) is 9.59 Å². The van der Waals surface area contributed by atoms with Gasteiger partial charge in [0.15, 0.2) is 0 Å². The number of benzene rings is 1. The van der Waals surface area contributed by atoms with Gasteiger partial charge in [-0.1, -0.05) is 18.2 Å². The molecular formula is C25H36N2O5. The van der Waals surface area contributed by atoms with Crippen LogP contribution in [-0.4, -0.2) is 61.5 Å². The van der Waals surface area contributed by atoms with Crippen molar-refractivity contribution in [2.24, 2.45) is 11.8 Å². The lowest BCUT2D eigenvalue weighted by Gasteiger charge is -2.29. The highest BCUT2D eigenvalue weighted by atomic mass is 16.5. The number of nitrogens with one attached hydrogen (secondary N) is 1. The summed E-state index contributed by atoms with van der Waals surface area (Å²) in [4.78, 5) is 24.8. The summed E-state index contributed by atoms with van der Waals surface area (Å²) in [6.45, 7) is 5.84. The second-order valence-corrected chi connectivity index (χ2v) is 8.59. The molecule has 1 saturated heterocycles. The van der Waals surface area contributed by atoms with Crippen LogP contribution in [0.15, 0.2) is 30.3 Å². The summed E-state index contributed by atoms with van der Waals surface area (Å²) in [5.74, 6) is 1.44. The van der Waals surface area contributed by atoms with E-state index in [-0.39, 0.29) is 11.8 Å². The van der Waals surface area contributed by atoms with Crippen LogP contribution in [0, 0.1) is 11.8 Å². The fraction of sp³-hybridized carbons (Fsp3) is 0.600. The molecule has 1 aliphatic heterocycles. The summed E-state index contributed by atoms with van der Waals surface area (Å²) in [6.07, 6.45) is 6.46. The first-order chi connectivity index (χ1) is 15.6. The van der Waals surface area contributed by atoms with Crippen LogP contribution in [0.1, 0.15) is 51.0 Å². The summed E-state index contributed by atoms with van der Waals surface area (Å²) in [7, 11) is 0. The molecule has 7 nitrogen and oxygen atoms in total. The minimum absolute atomic E-state index is 0.0565. The van der Waals surface area contributed by atoms with Crippen molar-refractivity contribution in [1.29, 1.82) is 0 Å². The molecule has 1 fully saturated rings. The van der Waals surface area contributed by atoms with E-state index in [1.165, 1.54) is 16.0 Å². The van der Waals surface area contributed by atoms with E-state index < -0.39 is 6.09 Å². The average molecular weight is 445 g/mol. The Hall–Kier alpha value is -2.54. The van der Waals surface area contributed by atoms with Crippen molar-refractivity contribution in [3.63, 3.8) is 0 Å². The summed E-state index contributed by atoms with van der Waals surface area (Å²) in [6, 6.07) is 8.17. The molecule has 0 saturated carbocycles. The number of hydrogen-bond donors (Lipinski definition) is 2. The van der Waals surface area contributed by atoms with E-state index >= 15 is 0 Å². The average Bonchev–Trinajstić information content (AvgIpc) is 2.83. The lowest BCUT2D eigenvalue weighted by Crippen LogP contribution is -2.38. The molecule has 1 aromatic carbocycles. The van der Waals surface area contributed by atoms with Gasteiger partial charge in [0.25, 0.3) is 0 Å². The van der Waals surface area contributed by atoms with Crippen LogP contribution in [0.5, 0.6) is 5.75 Å². The zero-order chi connectivity index (χ0) is 22.8. The van der Waals surface area contributed by atoms with Gasteiger partial charge in [-0.3, -0.25) is 4.79 Å². The highest BCUT2D eigenvalue weighted by Gasteiger charge is 2.23. The lowest BCUT2D eigenvalue weighted by atomic mass is 9.86. The molecule has 1 unspecified atom stereocenters. The molecule has 0 radical (unpaired) electrons. The summed E-state index contributed by atoms with van der Waals surface area (Å²) >= 11 is 0. The Kier molecular flexibility index (Phi) is 9.41. The van der Waals surface area contributed by atoms with Crippen molar-refractivity contribution in [3.8, 4) is 5.75 Å². The highest BCUT2D eigenvalue weighted by Crippen LogP contribution is 2.31. The van der Waals surface area contributed by atoms with Crippen LogP contribution in [0.25, 0.3) is 5.57 Å². The Bertz CT molecular complexity index is 769. The van der Waals surface area contributed by atoms with Crippen molar-refractivity contribution >= 4 is 17.6 Å². The molecule has 0 spiro atoms. The fourth-order valence-corrected chi connectivity index (χ4v) is 4.28. The zero-order valence-corrected chi connectivity index (χ0v) is 19.1. The van der Waals surface area contributed by atoms with Gasteiger partial charge in [0.05, 0.1) is 6.61 Å². The number of likely N-dealkylation sites (tertiary alicyclic amines) is 1. The first-order valence-corrected chi connectivity index (χ1v) is 11.8. The maximum absolute atomic E-state index is 12.3. The fourth-order valence-electron chi connectivity index (χ4n) is 4.28. The minimum atomic E-state index is -0.832. The number of ether oxygens (including phenoxy) is 2. The van der Waals surface area contributed by atoms with E-state index in [4.69, 9.17) is 14.6 Å². The van der Waals surface area contributed by atoms with Crippen molar-refractivity contribution in [3.05, 3.63) is 35.9 Å². The third-order valence-electron chi connectivity index (χ3n) is 6.35. The first kappa shape index (κ1) is 24.1. The van der Waals surface area contributed by atoms with Gasteiger partial charge in [0, 0.05) is 38.8 Å². The van der Waals surface area contributed by atoms with E-state index in [0.717, 1.165) is 44.3 Å². The quantitative estimate of drug-likeness (QED) is 0.529. The van der Waals surface area contributed by atoms with E-state index in [2.05, 4.69) is 23.5 Å².